The molecule has 4 nitrogen and oxygen atoms in total. The lowest BCUT2D eigenvalue weighted by atomic mass is 10.2. The van der Waals surface area contributed by atoms with Crippen LogP contribution in [0.2, 0.25) is 0 Å². The molecular formula is C12H18N2O2S. The van der Waals surface area contributed by atoms with Crippen molar-refractivity contribution in [1.82, 2.24) is 0 Å². The average molecular weight is 254 g/mol. The fourth-order valence-electron chi connectivity index (χ4n) is 1.27. The molecule has 0 spiro atoms. The van der Waals surface area contributed by atoms with Gasteiger partial charge in [0.25, 0.3) is 0 Å². The molecule has 0 radical (unpaired) electrons. The third-order valence-electron chi connectivity index (χ3n) is 2.34. The van der Waals surface area contributed by atoms with Crippen LogP contribution in [-0.2, 0) is 10.5 Å². The zero-order valence-electron chi connectivity index (χ0n) is 10.1. The minimum Gasteiger partial charge on any atom is -0.480 e. The molecule has 0 aliphatic rings. The highest BCUT2D eigenvalue weighted by Gasteiger charge is 2.10. The summed E-state index contributed by atoms with van der Waals surface area (Å²) in [5, 5.41) is 8.63. The molecule has 17 heavy (non-hydrogen) atoms. The maximum atomic E-state index is 10.5. The van der Waals surface area contributed by atoms with Gasteiger partial charge >= 0.3 is 5.97 Å². The fourth-order valence-corrected chi connectivity index (χ4v) is 2.21. The van der Waals surface area contributed by atoms with Crippen LogP contribution in [0.25, 0.3) is 0 Å². The van der Waals surface area contributed by atoms with Crippen molar-refractivity contribution in [3.8, 4) is 0 Å². The van der Waals surface area contributed by atoms with E-state index in [0.29, 0.717) is 5.75 Å². The van der Waals surface area contributed by atoms with Gasteiger partial charge in [-0.15, -0.1) is 0 Å². The van der Waals surface area contributed by atoms with E-state index in [2.05, 4.69) is 12.1 Å². The molecule has 0 heterocycles. The number of carboxylic acids is 1. The topological polar surface area (TPSA) is 66.6 Å². The first-order valence-electron chi connectivity index (χ1n) is 5.33. The van der Waals surface area contributed by atoms with Crippen LogP contribution in [0.15, 0.2) is 24.3 Å². The van der Waals surface area contributed by atoms with Crippen molar-refractivity contribution < 1.29 is 9.90 Å². The first-order chi connectivity index (χ1) is 8.00. The Morgan fingerprint density at radius 2 is 2.00 bits per heavy atom. The first-order valence-corrected chi connectivity index (χ1v) is 6.48. The number of hydrogen-bond donors (Lipinski definition) is 2. The summed E-state index contributed by atoms with van der Waals surface area (Å²) in [5.41, 5.74) is 7.75. The van der Waals surface area contributed by atoms with Crippen molar-refractivity contribution in [2.24, 2.45) is 5.73 Å². The maximum absolute atomic E-state index is 10.5. The maximum Gasteiger partial charge on any atom is 0.321 e. The van der Waals surface area contributed by atoms with E-state index in [4.69, 9.17) is 10.8 Å². The number of benzene rings is 1. The molecule has 1 aromatic carbocycles. The van der Waals surface area contributed by atoms with Crippen LogP contribution in [0.1, 0.15) is 5.56 Å². The van der Waals surface area contributed by atoms with E-state index in [1.165, 1.54) is 17.3 Å². The number of anilines is 1. The van der Waals surface area contributed by atoms with E-state index >= 15 is 0 Å². The third-order valence-corrected chi connectivity index (χ3v) is 3.47. The second-order valence-corrected chi connectivity index (χ2v) is 5.05. The van der Waals surface area contributed by atoms with Crippen molar-refractivity contribution in [1.29, 1.82) is 0 Å². The van der Waals surface area contributed by atoms with Crippen LogP contribution >= 0.6 is 11.8 Å². The molecule has 3 N–H and O–H groups in total. The SMILES string of the molecule is CN(C)c1ccc(CSC[C@@H](N)C(=O)O)cc1. The van der Waals surface area contributed by atoms with Gasteiger partial charge in [0, 0.05) is 31.3 Å². The number of nitrogens with zero attached hydrogens (tertiary/aromatic N) is 1. The second-order valence-electron chi connectivity index (χ2n) is 4.02. The first kappa shape index (κ1) is 13.9. The van der Waals surface area contributed by atoms with Crippen molar-refractivity contribution in [2.45, 2.75) is 11.8 Å². The molecule has 0 saturated carbocycles. The predicted molar refractivity (Wildman–Crippen MR) is 72.5 cm³/mol. The standard InChI is InChI=1S/C12H18N2O2S/c1-14(2)10-5-3-9(4-6-10)7-17-8-11(13)12(15)16/h3-6,11H,7-8,13H2,1-2H3,(H,15,16)/t11-/m1/s1. The summed E-state index contributed by atoms with van der Waals surface area (Å²) in [6, 6.07) is 7.42. The Kier molecular flexibility index (Phi) is 5.31. The monoisotopic (exact) mass is 254 g/mol. The number of carbonyl (C=O) groups is 1. The highest BCUT2D eigenvalue weighted by molar-refractivity contribution is 7.98. The average Bonchev–Trinajstić information content (AvgIpc) is 2.29. The second kappa shape index (κ2) is 6.51. The number of rotatable bonds is 6. The van der Waals surface area contributed by atoms with E-state index in [1.54, 1.807) is 0 Å². The highest BCUT2D eigenvalue weighted by Crippen LogP contribution is 2.17. The molecule has 1 aromatic rings. The Morgan fingerprint density at radius 3 is 2.47 bits per heavy atom. The number of carboxylic acid groups (broad SMARTS) is 1. The van der Waals surface area contributed by atoms with Gasteiger partial charge in [-0.1, -0.05) is 12.1 Å². The third kappa shape index (κ3) is 4.66. The van der Waals surface area contributed by atoms with Gasteiger partial charge in [0.2, 0.25) is 0 Å². The van der Waals surface area contributed by atoms with Crippen LogP contribution in [0.5, 0.6) is 0 Å². The molecular weight excluding hydrogens is 236 g/mol. The normalized spacial score (nSPS) is 12.2. The number of aliphatic carboxylic acids is 1. The Labute approximate surface area is 106 Å². The zero-order chi connectivity index (χ0) is 12.8. The lowest BCUT2D eigenvalue weighted by Crippen LogP contribution is -2.32. The summed E-state index contributed by atoms with van der Waals surface area (Å²) in [6.07, 6.45) is 0. The minimum absolute atomic E-state index is 0.435. The van der Waals surface area contributed by atoms with Gasteiger partial charge in [0.05, 0.1) is 0 Å². The van der Waals surface area contributed by atoms with Gasteiger partial charge in [0.1, 0.15) is 6.04 Å². The quantitative estimate of drug-likeness (QED) is 0.803. The zero-order valence-corrected chi connectivity index (χ0v) is 10.9. The highest BCUT2D eigenvalue weighted by atomic mass is 32.2. The Balaban J connectivity index is 2.40. The molecule has 0 aliphatic carbocycles. The lowest BCUT2D eigenvalue weighted by molar-refractivity contribution is -0.137. The van der Waals surface area contributed by atoms with E-state index < -0.39 is 12.0 Å². The Hall–Kier alpha value is -1.20. The van der Waals surface area contributed by atoms with Crippen LogP contribution in [0.3, 0.4) is 0 Å². The predicted octanol–water partition coefficient (Wildman–Crippen LogP) is 1.40. The Morgan fingerprint density at radius 1 is 1.41 bits per heavy atom. The van der Waals surface area contributed by atoms with E-state index in [1.807, 2.05) is 31.1 Å². The largest absolute Gasteiger partial charge is 0.480 e. The molecule has 94 valence electrons. The number of hydrogen-bond acceptors (Lipinski definition) is 4. The summed E-state index contributed by atoms with van der Waals surface area (Å²) >= 11 is 1.54. The van der Waals surface area contributed by atoms with Crippen molar-refractivity contribution in [3.05, 3.63) is 29.8 Å². The molecule has 1 rings (SSSR count). The summed E-state index contributed by atoms with van der Waals surface area (Å²) in [7, 11) is 3.99. The molecule has 0 amide bonds. The van der Waals surface area contributed by atoms with Gasteiger partial charge in [-0.3, -0.25) is 4.79 Å². The van der Waals surface area contributed by atoms with Crippen LogP contribution < -0.4 is 10.6 Å². The molecule has 0 aliphatic heterocycles. The molecule has 0 unspecified atom stereocenters. The van der Waals surface area contributed by atoms with E-state index in [9.17, 15) is 4.79 Å². The minimum atomic E-state index is -0.944. The number of thioether (sulfide) groups is 1. The molecule has 5 heteroatoms. The van der Waals surface area contributed by atoms with Gasteiger partial charge in [0.15, 0.2) is 0 Å². The van der Waals surface area contributed by atoms with Crippen LogP contribution in [0, 0.1) is 0 Å². The molecule has 0 fully saturated rings. The van der Waals surface area contributed by atoms with Crippen molar-refractivity contribution in [2.75, 3.05) is 24.7 Å². The summed E-state index contributed by atoms with van der Waals surface area (Å²) in [5.74, 6) is 0.278. The van der Waals surface area contributed by atoms with E-state index in [0.717, 1.165) is 11.4 Å². The Bertz CT molecular complexity index is 365. The van der Waals surface area contributed by atoms with Crippen molar-refractivity contribution in [3.63, 3.8) is 0 Å². The smallest absolute Gasteiger partial charge is 0.321 e. The van der Waals surface area contributed by atoms with Crippen LogP contribution in [0.4, 0.5) is 5.69 Å². The summed E-state index contributed by atoms with van der Waals surface area (Å²) in [4.78, 5) is 12.6. The van der Waals surface area contributed by atoms with Crippen LogP contribution in [-0.4, -0.2) is 37.0 Å². The van der Waals surface area contributed by atoms with Gasteiger partial charge in [-0.2, -0.15) is 11.8 Å². The summed E-state index contributed by atoms with van der Waals surface area (Å²) < 4.78 is 0. The van der Waals surface area contributed by atoms with Gasteiger partial charge < -0.3 is 15.7 Å². The van der Waals surface area contributed by atoms with Crippen molar-refractivity contribution >= 4 is 23.4 Å². The molecule has 0 saturated heterocycles. The molecule has 0 bridgehead atoms. The summed E-state index contributed by atoms with van der Waals surface area (Å²) in [6.45, 7) is 0. The van der Waals surface area contributed by atoms with Gasteiger partial charge in [-0.25, -0.2) is 0 Å². The number of nitrogens with two attached hydrogens (primary N) is 1. The van der Waals surface area contributed by atoms with E-state index in [-0.39, 0.29) is 0 Å². The van der Waals surface area contributed by atoms with Gasteiger partial charge in [-0.05, 0) is 17.7 Å². The lowest BCUT2D eigenvalue weighted by Gasteiger charge is -2.12. The molecule has 1 atom stereocenters. The fraction of sp³-hybridized carbons (Fsp3) is 0.417. The molecule has 0 aromatic heterocycles.